The molecule has 0 atom stereocenters. The second kappa shape index (κ2) is 8.47. The molecule has 0 aliphatic carbocycles. The Morgan fingerprint density at radius 2 is 2.05 bits per heavy atom. The molecule has 0 amide bonds. The van der Waals surface area contributed by atoms with Crippen LogP contribution in [0.5, 0.6) is 5.75 Å². The zero-order chi connectivity index (χ0) is 15.0. The van der Waals surface area contributed by atoms with E-state index in [-0.39, 0.29) is 18.1 Å². The minimum Gasteiger partial charge on any atom is -0.466 e. The van der Waals surface area contributed by atoms with Gasteiger partial charge in [0.05, 0.1) is 13.0 Å². The van der Waals surface area contributed by atoms with Gasteiger partial charge < -0.3 is 14.4 Å². The van der Waals surface area contributed by atoms with Crippen LogP contribution in [0, 0.1) is 0 Å². The molecule has 0 N–H and O–H groups in total. The van der Waals surface area contributed by atoms with Crippen LogP contribution < -0.4 is 4.74 Å². The number of esters is 1. The Morgan fingerprint density at radius 1 is 1.35 bits per heavy atom. The quantitative estimate of drug-likeness (QED) is 0.689. The van der Waals surface area contributed by atoms with E-state index in [0.29, 0.717) is 25.3 Å². The number of halogens is 2. The lowest BCUT2D eigenvalue weighted by Gasteiger charge is -2.18. The third-order valence-corrected chi connectivity index (χ3v) is 2.63. The number of alkyl halides is 2. The Labute approximate surface area is 117 Å². The maximum Gasteiger partial charge on any atom is 0.387 e. The molecule has 1 aromatic carbocycles. The van der Waals surface area contributed by atoms with Crippen molar-refractivity contribution in [2.24, 2.45) is 0 Å². The van der Waals surface area contributed by atoms with Crippen LogP contribution >= 0.6 is 0 Å². The van der Waals surface area contributed by atoms with Crippen molar-refractivity contribution >= 4 is 5.97 Å². The maximum atomic E-state index is 12.3. The minimum absolute atomic E-state index is 0.158. The average Bonchev–Trinajstić information content (AvgIpc) is 2.38. The molecule has 0 aliphatic heterocycles. The summed E-state index contributed by atoms with van der Waals surface area (Å²) in [5.41, 5.74) is 0.652. The first-order chi connectivity index (χ1) is 9.52. The Balaban J connectivity index is 2.52. The van der Waals surface area contributed by atoms with Gasteiger partial charge in [0.25, 0.3) is 0 Å². The molecule has 0 unspecified atom stereocenters. The maximum absolute atomic E-state index is 12.3. The Kier molecular flexibility index (Phi) is 6.93. The molecule has 0 spiro atoms. The lowest BCUT2D eigenvalue weighted by molar-refractivity contribution is -0.143. The van der Waals surface area contributed by atoms with E-state index in [0.717, 1.165) is 0 Å². The molecule has 0 saturated carbocycles. The smallest absolute Gasteiger partial charge is 0.387 e. The van der Waals surface area contributed by atoms with E-state index in [2.05, 4.69) is 4.74 Å². The highest BCUT2D eigenvalue weighted by atomic mass is 19.3. The number of hydrogen-bond donors (Lipinski definition) is 0. The van der Waals surface area contributed by atoms with Crippen LogP contribution in [0.3, 0.4) is 0 Å². The van der Waals surface area contributed by atoms with E-state index in [1.807, 2.05) is 4.90 Å². The monoisotopic (exact) mass is 287 g/mol. The molecular weight excluding hydrogens is 268 g/mol. The van der Waals surface area contributed by atoms with Gasteiger partial charge in [0.1, 0.15) is 5.75 Å². The molecule has 1 aromatic rings. The lowest BCUT2D eigenvalue weighted by atomic mass is 10.2. The van der Waals surface area contributed by atoms with Gasteiger partial charge in [0.2, 0.25) is 0 Å². The Bertz CT molecular complexity index is 427. The Morgan fingerprint density at radius 3 is 2.70 bits per heavy atom. The number of benzene rings is 1. The third-order valence-electron chi connectivity index (χ3n) is 2.63. The van der Waals surface area contributed by atoms with Gasteiger partial charge in [-0.15, -0.1) is 0 Å². The zero-order valence-electron chi connectivity index (χ0n) is 11.6. The van der Waals surface area contributed by atoms with Gasteiger partial charge in [-0.05, 0) is 20.0 Å². The largest absolute Gasteiger partial charge is 0.466 e. The molecule has 1 rings (SSSR count). The van der Waals surface area contributed by atoms with Crippen LogP contribution in [0.4, 0.5) is 8.78 Å². The molecule has 0 fully saturated rings. The topological polar surface area (TPSA) is 38.8 Å². The summed E-state index contributed by atoms with van der Waals surface area (Å²) in [5, 5.41) is 0. The summed E-state index contributed by atoms with van der Waals surface area (Å²) >= 11 is 0. The molecule has 112 valence electrons. The zero-order valence-corrected chi connectivity index (χ0v) is 11.6. The summed E-state index contributed by atoms with van der Waals surface area (Å²) in [6.45, 7) is 0.165. The lowest BCUT2D eigenvalue weighted by Crippen LogP contribution is -2.22. The first-order valence-electron chi connectivity index (χ1n) is 6.39. The van der Waals surface area contributed by atoms with E-state index >= 15 is 0 Å². The van der Waals surface area contributed by atoms with Crippen LogP contribution in [0.15, 0.2) is 24.3 Å². The molecule has 6 heteroatoms. The molecule has 0 heterocycles. The molecular formula is C14H19F2NO3. The number of carbonyl (C=O) groups excluding carboxylic acids is 1. The molecule has 0 bridgehead atoms. The molecule has 4 nitrogen and oxygen atoms in total. The van der Waals surface area contributed by atoms with Crippen LogP contribution in [0.1, 0.15) is 18.9 Å². The van der Waals surface area contributed by atoms with Crippen LogP contribution in [0.25, 0.3) is 0 Å². The first-order valence-corrected chi connectivity index (χ1v) is 6.39. The summed E-state index contributed by atoms with van der Waals surface area (Å²) in [7, 11) is 1.80. The van der Waals surface area contributed by atoms with Crippen molar-refractivity contribution in [1.29, 1.82) is 0 Å². The second-order valence-corrected chi connectivity index (χ2v) is 4.28. The number of rotatable bonds is 8. The highest BCUT2D eigenvalue weighted by Crippen LogP contribution is 2.21. The predicted molar refractivity (Wildman–Crippen MR) is 70.7 cm³/mol. The van der Waals surface area contributed by atoms with E-state index in [1.165, 1.54) is 6.07 Å². The van der Waals surface area contributed by atoms with Crippen molar-refractivity contribution in [2.45, 2.75) is 26.5 Å². The third kappa shape index (κ3) is 5.97. The average molecular weight is 287 g/mol. The van der Waals surface area contributed by atoms with Crippen LogP contribution in [0.2, 0.25) is 0 Å². The normalized spacial score (nSPS) is 10.9. The van der Waals surface area contributed by atoms with Gasteiger partial charge in [-0.3, -0.25) is 4.79 Å². The van der Waals surface area contributed by atoms with Crippen molar-refractivity contribution in [3.8, 4) is 5.75 Å². The molecule has 0 saturated heterocycles. The van der Waals surface area contributed by atoms with Gasteiger partial charge in [0.15, 0.2) is 0 Å². The van der Waals surface area contributed by atoms with Crippen molar-refractivity contribution < 1.29 is 23.0 Å². The van der Waals surface area contributed by atoms with E-state index in [1.54, 1.807) is 32.2 Å². The Hall–Kier alpha value is -1.69. The van der Waals surface area contributed by atoms with Crippen LogP contribution in [-0.2, 0) is 16.1 Å². The van der Waals surface area contributed by atoms with Gasteiger partial charge in [-0.2, -0.15) is 8.78 Å². The van der Waals surface area contributed by atoms with Gasteiger partial charge >= 0.3 is 12.6 Å². The van der Waals surface area contributed by atoms with Crippen molar-refractivity contribution in [3.63, 3.8) is 0 Å². The highest BCUT2D eigenvalue weighted by Gasteiger charge is 2.11. The van der Waals surface area contributed by atoms with E-state index in [4.69, 9.17) is 4.74 Å². The van der Waals surface area contributed by atoms with E-state index < -0.39 is 6.61 Å². The standard InChI is InChI=1S/C14H19F2NO3/c1-3-19-13(18)8-9-17(2)10-11-6-4-5-7-12(11)20-14(15)16/h4-7,14H,3,8-10H2,1-2H3. The van der Waals surface area contributed by atoms with E-state index in [9.17, 15) is 13.6 Å². The minimum atomic E-state index is -2.85. The van der Waals surface area contributed by atoms with Gasteiger partial charge in [-0.25, -0.2) is 0 Å². The second-order valence-electron chi connectivity index (χ2n) is 4.28. The van der Waals surface area contributed by atoms with Crippen molar-refractivity contribution in [2.75, 3.05) is 20.2 Å². The molecule has 0 radical (unpaired) electrons. The van der Waals surface area contributed by atoms with Crippen molar-refractivity contribution in [1.82, 2.24) is 4.90 Å². The fraction of sp³-hybridized carbons (Fsp3) is 0.500. The number of hydrogen-bond acceptors (Lipinski definition) is 4. The summed E-state index contributed by atoms with van der Waals surface area (Å²) in [5.74, 6) is -0.109. The fourth-order valence-electron chi connectivity index (χ4n) is 1.73. The van der Waals surface area contributed by atoms with Gasteiger partial charge in [0, 0.05) is 18.7 Å². The summed E-state index contributed by atoms with van der Waals surface area (Å²) < 4.78 is 33.8. The summed E-state index contributed by atoms with van der Waals surface area (Å²) in [6, 6.07) is 6.62. The number of para-hydroxylation sites is 1. The first kappa shape index (κ1) is 16.4. The molecule has 0 aliphatic rings. The molecule has 0 aromatic heterocycles. The highest BCUT2D eigenvalue weighted by molar-refractivity contribution is 5.69. The van der Waals surface area contributed by atoms with Crippen molar-refractivity contribution in [3.05, 3.63) is 29.8 Å². The fourth-order valence-corrected chi connectivity index (χ4v) is 1.73. The van der Waals surface area contributed by atoms with Crippen LogP contribution in [-0.4, -0.2) is 37.7 Å². The number of carbonyl (C=O) groups is 1. The number of ether oxygens (including phenoxy) is 2. The molecule has 20 heavy (non-hydrogen) atoms. The SMILES string of the molecule is CCOC(=O)CCN(C)Cc1ccccc1OC(F)F. The predicted octanol–water partition coefficient (Wildman–Crippen LogP) is 2.67. The summed E-state index contributed by atoms with van der Waals surface area (Å²) in [4.78, 5) is 13.1. The van der Waals surface area contributed by atoms with Gasteiger partial charge in [-0.1, -0.05) is 18.2 Å². The number of nitrogens with zero attached hydrogens (tertiary/aromatic N) is 1. The summed E-state index contributed by atoms with van der Waals surface area (Å²) in [6.07, 6.45) is 0.266.